The van der Waals surface area contributed by atoms with E-state index in [1.165, 1.54) is 16.6 Å². The molecule has 0 aromatic carbocycles. The summed E-state index contributed by atoms with van der Waals surface area (Å²) in [7, 11) is 0. The molecule has 0 spiro atoms. The monoisotopic (exact) mass is 323 g/mol. The number of thiophene rings is 1. The van der Waals surface area contributed by atoms with Crippen LogP contribution in [0.3, 0.4) is 0 Å². The standard InChI is InChI=1S/C15H18ClN3OS/c1-3-10-5-6-21-13(10)9-19-15(20)11-7-12(16)14(17-4-2)18-8-11/h5-8H,3-4,9H2,1-2H3,(H,17,18)(H,19,20). The fourth-order valence-electron chi connectivity index (χ4n) is 1.96. The number of anilines is 1. The predicted molar refractivity (Wildman–Crippen MR) is 88.3 cm³/mol. The number of aryl methyl sites for hydroxylation is 1. The molecule has 0 aliphatic heterocycles. The van der Waals surface area contributed by atoms with Gasteiger partial charge in [-0.3, -0.25) is 4.79 Å². The number of carbonyl (C=O) groups is 1. The number of carbonyl (C=O) groups excluding carboxylic acids is 1. The van der Waals surface area contributed by atoms with Gasteiger partial charge in [0.25, 0.3) is 5.91 Å². The summed E-state index contributed by atoms with van der Waals surface area (Å²) in [5.41, 5.74) is 1.75. The van der Waals surface area contributed by atoms with Crippen molar-refractivity contribution in [2.75, 3.05) is 11.9 Å². The second-order valence-corrected chi connectivity index (χ2v) is 5.90. The van der Waals surface area contributed by atoms with Crippen molar-refractivity contribution < 1.29 is 4.79 Å². The summed E-state index contributed by atoms with van der Waals surface area (Å²) < 4.78 is 0. The van der Waals surface area contributed by atoms with Gasteiger partial charge in [-0.25, -0.2) is 4.98 Å². The Bertz CT molecular complexity index is 627. The molecule has 0 bridgehead atoms. The number of aromatic nitrogens is 1. The van der Waals surface area contributed by atoms with Gasteiger partial charge in [0, 0.05) is 17.6 Å². The summed E-state index contributed by atoms with van der Waals surface area (Å²) in [5, 5.41) is 8.44. The van der Waals surface area contributed by atoms with Gasteiger partial charge in [-0.05, 0) is 36.4 Å². The van der Waals surface area contributed by atoms with Crippen molar-refractivity contribution in [3.63, 3.8) is 0 Å². The lowest BCUT2D eigenvalue weighted by Crippen LogP contribution is -2.23. The second kappa shape index (κ2) is 7.43. The smallest absolute Gasteiger partial charge is 0.253 e. The lowest BCUT2D eigenvalue weighted by Gasteiger charge is -2.08. The lowest BCUT2D eigenvalue weighted by atomic mass is 10.2. The third kappa shape index (κ3) is 3.95. The van der Waals surface area contributed by atoms with Crippen LogP contribution in [0.2, 0.25) is 5.02 Å². The number of nitrogens with one attached hydrogen (secondary N) is 2. The highest BCUT2D eigenvalue weighted by atomic mass is 35.5. The number of halogens is 1. The normalized spacial score (nSPS) is 10.4. The zero-order chi connectivity index (χ0) is 15.2. The van der Waals surface area contributed by atoms with Crippen LogP contribution in [0.5, 0.6) is 0 Å². The third-order valence-corrected chi connectivity index (χ3v) is 4.33. The van der Waals surface area contributed by atoms with E-state index in [0.29, 0.717) is 22.9 Å². The summed E-state index contributed by atoms with van der Waals surface area (Å²) >= 11 is 7.75. The second-order valence-electron chi connectivity index (χ2n) is 4.49. The molecule has 2 aromatic heterocycles. The quantitative estimate of drug-likeness (QED) is 0.852. The third-order valence-electron chi connectivity index (χ3n) is 3.08. The van der Waals surface area contributed by atoms with Gasteiger partial charge in [0.2, 0.25) is 0 Å². The van der Waals surface area contributed by atoms with Crippen molar-refractivity contribution in [3.8, 4) is 0 Å². The molecule has 2 N–H and O–H groups in total. The van der Waals surface area contributed by atoms with Crippen LogP contribution >= 0.6 is 22.9 Å². The van der Waals surface area contributed by atoms with Crippen LogP contribution in [0, 0.1) is 0 Å². The average molecular weight is 324 g/mol. The maximum atomic E-state index is 12.1. The van der Waals surface area contributed by atoms with E-state index >= 15 is 0 Å². The molecule has 21 heavy (non-hydrogen) atoms. The van der Waals surface area contributed by atoms with Gasteiger partial charge in [-0.1, -0.05) is 18.5 Å². The van der Waals surface area contributed by atoms with Crippen LogP contribution < -0.4 is 10.6 Å². The molecule has 0 atom stereocenters. The van der Waals surface area contributed by atoms with Crippen LogP contribution in [0.15, 0.2) is 23.7 Å². The first-order chi connectivity index (χ1) is 10.2. The Morgan fingerprint density at radius 3 is 2.90 bits per heavy atom. The lowest BCUT2D eigenvalue weighted by molar-refractivity contribution is 0.0951. The van der Waals surface area contributed by atoms with Crippen molar-refractivity contribution in [3.05, 3.63) is 44.7 Å². The number of pyridine rings is 1. The van der Waals surface area contributed by atoms with Gasteiger partial charge in [-0.2, -0.15) is 0 Å². The van der Waals surface area contributed by atoms with Gasteiger partial charge >= 0.3 is 0 Å². The van der Waals surface area contributed by atoms with E-state index in [4.69, 9.17) is 11.6 Å². The average Bonchev–Trinajstić information content (AvgIpc) is 2.94. The molecule has 2 aromatic rings. The molecule has 6 heteroatoms. The molecule has 0 radical (unpaired) electrons. The number of amides is 1. The fourth-order valence-corrected chi connectivity index (χ4v) is 3.11. The van der Waals surface area contributed by atoms with Crippen LogP contribution in [0.1, 0.15) is 34.6 Å². The molecule has 0 aliphatic carbocycles. The molecular weight excluding hydrogens is 306 g/mol. The molecule has 0 unspecified atom stereocenters. The van der Waals surface area contributed by atoms with Gasteiger partial charge in [-0.15, -0.1) is 11.3 Å². The fraction of sp³-hybridized carbons (Fsp3) is 0.333. The molecule has 112 valence electrons. The van der Waals surface area contributed by atoms with E-state index in [1.807, 2.05) is 12.3 Å². The van der Waals surface area contributed by atoms with Crippen molar-refractivity contribution in [2.45, 2.75) is 26.8 Å². The highest BCUT2D eigenvalue weighted by Gasteiger charge is 2.10. The largest absolute Gasteiger partial charge is 0.369 e. The maximum absolute atomic E-state index is 12.1. The molecule has 0 saturated carbocycles. The number of hydrogen-bond donors (Lipinski definition) is 2. The minimum atomic E-state index is -0.164. The van der Waals surface area contributed by atoms with Gasteiger partial charge < -0.3 is 10.6 Å². The van der Waals surface area contributed by atoms with E-state index in [0.717, 1.165) is 13.0 Å². The van der Waals surface area contributed by atoms with Crippen molar-refractivity contribution >= 4 is 34.7 Å². The van der Waals surface area contributed by atoms with Gasteiger partial charge in [0.05, 0.1) is 17.1 Å². The summed E-state index contributed by atoms with van der Waals surface area (Å²) in [5.74, 6) is 0.435. The summed E-state index contributed by atoms with van der Waals surface area (Å²) in [6.45, 7) is 5.34. The van der Waals surface area contributed by atoms with E-state index in [9.17, 15) is 4.79 Å². The van der Waals surface area contributed by atoms with Crippen LogP contribution in [0.25, 0.3) is 0 Å². The number of rotatable bonds is 6. The Labute approximate surface area is 133 Å². The molecule has 2 heterocycles. The Kier molecular flexibility index (Phi) is 5.59. The Morgan fingerprint density at radius 2 is 2.24 bits per heavy atom. The number of nitrogens with zero attached hydrogens (tertiary/aromatic N) is 1. The topological polar surface area (TPSA) is 54.0 Å². The number of hydrogen-bond acceptors (Lipinski definition) is 4. The minimum Gasteiger partial charge on any atom is -0.369 e. The van der Waals surface area contributed by atoms with Crippen LogP contribution in [-0.2, 0) is 13.0 Å². The Morgan fingerprint density at radius 1 is 1.43 bits per heavy atom. The van der Waals surface area contributed by atoms with Crippen LogP contribution in [-0.4, -0.2) is 17.4 Å². The molecule has 2 rings (SSSR count). The summed E-state index contributed by atoms with van der Waals surface area (Å²) in [4.78, 5) is 17.5. The van der Waals surface area contributed by atoms with Crippen molar-refractivity contribution in [1.82, 2.24) is 10.3 Å². The van der Waals surface area contributed by atoms with Crippen LogP contribution in [0.4, 0.5) is 5.82 Å². The molecule has 0 saturated heterocycles. The molecular formula is C15H18ClN3OS. The highest BCUT2D eigenvalue weighted by molar-refractivity contribution is 7.10. The first-order valence-electron chi connectivity index (χ1n) is 6.88. The van der Waals surface area contributed by atoms with E-state index in [2.05, 4.69) is 28.6 Å². The zero-order valence-corrected chi connectivity index (χ0v) is 13.6. The predicted octanol–water partition coefficient (Wildman–Crippen LogP) is 3.72. The molecule has 0 fully saturated rings. The molecule has 1 amide bonds. The van der Waals surface area contributed by atoms with Crippen molar-refractivity contribution in [1.29, 1.82) is 0 Å². The molecule has 0 aliphatic rings. The maximum Gasteiger partial charge on any atom is 0.253 e. The molecule has 4 nitrogen and oxygen atoms in total. The first kappa shape index (κ1) is 15.8. The van der Waals surface area contributed by atoms with E-state index in [1.54, 1.807) is 17.4 Å². The summed E-state index contributed by atoms with van der Waals surface area (Å²) in [6, 6.07) is 3.73. The van der Waals surface area contributed by atoms with Gasteiger partial charge in [0.1, 0.15) is 5.82 Å². The van der Waals surface area contributed by atoms with Gasteiger partial charge in [0.15, 0.2) is 0 Å². The SMILES string of the molecule is CCNc1ncc(C(=O)NCc2sccc2CC)cc1Cl. The summed E-state index contributed by atoms with van der Waals surface area (Å²) in [6.07, 6.45) is 2.51. The van der Waals surface area contributed by atoms with E-state index in [-0.39, 0.29) is 5.91 Å². The zero-order valence-electron chi connectivity index (χ0n) is 12.1. The first-order valence-corrected chi connectivity index (χ1v) is 8.14. The Hall–Kier alpha value is -1.59. The van der Waals surface area contributed by atoms with E-state index < -0.39 is 0 Å². The minimum absolute atomic E-state index is 0.164. The highest BCUT2D eigenvalue weighted by Crippen LogP contribution is 2.20. The Balaban J connectivity index is 2.02. The van der Waals surface area contributed by atoms with Crippen molar-refractivity contribution in [2.24, 2.45) is 0 Å².